The zero-order chi connectivity index (χ0) is 50.8. The smallest absolute Gasteiger partial charge is 0.123 e. The van der Waals surface area contributed by atoms with Crippen LogP contribution in [0, 0.1) is 23.3 Å². The van der Waals surface area contributed by atoms with Crippen molar-refractivity contribution in [3.05, 3.63) is 242 Å². The largest absolute Gasteiger partial charge is 0.353 e. The molecule has 76 heavy (non-hydrogen) atoms. The number of fused-ring (bicyclic) bond motifs is 2. The summed E-state index contributed by atoms with van der Waals surface area (Å²) >= 11 is 0. The molecule has 12 aromatic rings. The third kappa shape index (κ3) is 6.77. The van der Waals surface area contributed by atoms with E-state index in [-0.39, 0.29) is 23.3 Å². The average Bonchev–Trinajstić information content (AvgIpc) is 4.24. The van der Waals surface area contributed by atoms with E-state index >= 15 is 17.6 Å². The van der Waals surface area contributed by atoms with Gasteiger partial charge in [-0.3, -0.25) is 0 Å². The summed E-state index contributed by atoms with van der Waals surface area (Å²) in [6.45, 7) is 0. The monoisotopic (exact) mass is 986 g/mol. The molecule has 0 unspecified atom stereocenters. The van der Waals surface area contributed by atoms with Crippen LogP contribution in [0.25, 0.3) is 155 Å². The summed E-state index contributed by atoms with van der Waals surface area (Å²) in [7, 11) is 0. The van der Waals surface area contributed by atoms with Crippen LogP contribution in [0.1, 0.15) is 0 Å². The molecule has 15 rings (SSSR count). The van der Waals surface area contributed by atoms with Crippen LogP contribution in [0.15, 0.2) is 218 Å². The van der Waals surface area contributed by atoms with E-state index in [0.29, 0.717) is 61.7 Å². The quantitative estimate of drug-likeness (QED) is 0.173. The van der Waals surface area contributed by atoms with Gasteiger partial charge in [-0.05, 0) is 117 Å². The first-order valence-corrected chi connectivity index (χ1v) is 25.1. The lowest BCUT2D eigenvalue weighted by Gasteiger charge is -2.10. The number of H-pyrrole nitrogens is 2. The Morgan fingerprint density at radius 1 is 0.250 bits per heavy atom. The van der Waals surface area contributed by atoms with Gasteiger partial charge in [-0.25, -0.2) is 27.5 Å². The Hall–Kier alpha value is -9.92. The lowest BCUT2D eigenvalue weighted by molar-refractivity contribution is 0.627. The highest BCUT2D eigenvalue weighted by Gasteiger charge is 2.30. The van der Waals surface area contributed by atoms with Crippen molar-refractivity contribution in [2.45, 2.75) is 0 Å². The molecule has 3 aliphatic rings. The fourth-order valence-corrected chi connectivity index (χ4v) is 11.7. The number of benzene rings is 10. The summed E-state index contributed by atoms with van der Waals surface area (Å²) in [6, 6.07) is 67.4. The second kappa shape index (κ2) is 16.8. The van der Waals surface area contributed by atoms with Crippen molar-refractivity contribution in [2.24, 2.45) is 0 Å². The van der Waals surface area contributed by atoms with Crippen LogP contribution in [0.2, 0.25) is 0 Å². The number of hydrogen-bond acceptors (Lipinski definition) is 2. The molecule has 4 heterocycles. The van der Waals surface area contributed by atoms with Crippen LogP contribution in [0.4, 0.5) is 17.6 Å². The van der Waals surface area contributed by atoms with Gasteiger partial charge in [-0.2, -0.15) is 0 Å². The molecule has 0 amide bonds. The zero-order valence-corrected chi connectivity index (χ0v) is 40.2. The van der Waals surface area contributed by atoms with Crippen molar-refractivity contribution < 1.29 is 17.6 Å². The molecule has 0 saturated heterocycles. The maximum Gasteiger partial charge on any atom is 0.123 e. The van der Waals surface area contributed by atoms with E-state index in [0.717, 1.165) is 93.0 Å². The summed E-state index contributed by atoms with van der Waals surface area (Å²) < 4.78 is 60.9. The molecular formula is C68H38F4N4. The summed E-state index contributed by atoms with van der Waals surface area (Å²) in [4.78, 5) is 19.6. The van der Waals surface area contributed by atoms with E-state index in [1.807, 2.05) is 48.5 Å². The Kier molecular flexibility index (Phi) is 9.65. The number of aromatic nitrogens is 4. The van der Waals surface area contributed by atoms with Crippen molar-refractivity contribution in [3.63, 3.8) is 0 Å². The molecule has 4 nitrogen and oxygen atoms in total. The number of rotatable bonds is 4. The maximum absolute atomic E-state index is 15.3. The van der Waals surface area contributed by atoms with Gasteiger partial charge in [-0.1, -0.05) is 146 Å². The van der Waals surface area contributed by atoms with Crippen LogP contribution in [0.5, 0.6) is 0 Å². The topological polar surface area (TPSA) is 57.4 Å². The second-order valence-corrected chi connectivity index (χ2v) is 19.5. The molecule has 0 spiro atoms. The van der Waals surface area contributed by atoms with Crippen LogP contribution in [-0.2, 0) is 0 Å². The normalized spacial score (nSPS) is 11.9. The number of nitrogens with one attached hydrogen (secondary N) is 2. The highest BCUT2D eigenvalue weighted by Crippen LogP contribution is 2.52. The molecule has 0 radical (unpaired) electrons. The van der Waals surface area contributed by atoms with Gasteiger partial charge >= 0.3 is 0 Å². The highest BCUT2D eigenvalue weighted by molar-refractivity contribution is 6.23. The molecule has 1 aliphatic carbocycles. The summed E-state index contributed by atoms with van der Waals surface area (Å²) in [6.07, 6.45) is 0. The third-order valence-corrected chi connectivity index (χ3v) is 15.1. The van der Waals surface area contributed by atoms with E-state index in [9.17, 15) is 0 Å². The van der Waals surface area contributed by atoms with Gasteiger partial charge in [0.2, 0.25) is 0 Å². The highest BCUT2D eigenvalue weighted by atomic mass is 19.1. The lowest BCUT2D eigenvalue weighted by Crippen LogP contribution is -1.88. The van der Waals surface area contributed by atoms with Gasteiger partial charge in [0.25, 0.3) is 0 Å². The van der Waals surface area contributed by atoms with Crippen molar-refractivity contribution in [3.8, 4) is 89.5 Å². The Morgan fingerprint density at radius 2 is 0.513 bits per heavy atom. The van der Waals surface area contributed by atoms with Gasteiger partial charge in [-0.15, -0.1) is 0 Å². The Balaban J connectivity index is 1.29. The van der Waals surface area contributed by atoms with Crippen molar-refractivity contribution in [1.82, 2.24) is 19.9 Å². The molecule has 8 bridgehead atoms. The van der Waals surface area contributed by atoms with Gasteiger partial charge in [0.05, 0.1) is 44.8 Å². The van der Waals surface area contributed by atoms with Crippen LogP contribution in [-0.4, -0.2) is 19.9 Å². The molecule has 2 aliphatic heterocycles. The second-order valence-electron chi connectivity index (χ2n) is 19.5. The van der Waals surface area contributed by atoms with E-state index in [1.54, 1.807) is 48.5 Å². The third-order valence-electron chi connectivity index (χ3n) is 15.1. The molecule has 2 aromatic heterocycles. The molecule has 8 heteroatoms. The first-order valence-electron chi connectivity index (χ1n) is 25.1. The standard InChI is InChI=1S/C68H38F4N4/c69-45-25-17-37(18-26-45)57-61-49-13-5-7-15-51(49)63(73-61)58(38-19-27-46(70)28-20-38)65-53-33-41-9-1-3-11-43(41)35-55(53)67(75-65)60(40-23-31-48(72)32-24-40)68-56-36-44-12-4-2-10-42(44)34-54(56)66(76-68)59(39-21-29-47(71)30-22-39)64-52-16-8-6-14-50(52)62(57)74-64/h1-36,73,76H. The Bertz CT molecular complexity index is 4770. The van der Waals surface area contributed by atoms with Crippen molar-refractivity contribution >= 4 is 65.2 Å². The SMILES string of the molecule is Fc1ccc(-c2c3nc(c(-c4ccc(F)cc4)c4[nH]c(c(-c5ccc(F)cc5)c5nc(c(-c6ccc(F)cc6)c6[nH]c2c2ccccc62)-c2cc6ccccc6cc2-5)c2cc5ccccc5cc42)-c2ccccc2-3)cc1. The van der Waals surface area contributed by atoms with Crippen LogP contribution >= 0.6 is 0 Å². The minimum Gasteiger partial charge on any atom is -0.353 e. The van der Waals surface area contributed by atoms with Crippen LogP contribution in [0.3, 0.4) is 0 Å². The van der Waals surface area contributed by atoms with E-state index in [4.69, 9.17) is 9.97 Å². The zero-order valence-electron chi connectivity index (χ0n) is 40.2. The van der Waals surface area contributed by atoms with Crippen molar-refractivity contribution in [1.29, 1.82) is 0 Å². The van der Waals surface area contributed by atoms with E-state index in [2.05, 4.69) is 82.8 Å². The Morgan fingerprint density at radius 3 is 0.842 bits per heavy atom. The fraction of sp³-hybridized carbons (Fsp3) is 0. The van der Waals surface area contributed by atoms with Crippen LogP contribution < -0.4 is 0 Å². The minimum atomic E-state index is -0.386. The first kappa shape index (κ1) is 43.6. The molecule has 0 atom stereocenters. The molecule has 10 aromatic carbocycles. The maximum atomic E-state index is 15.3. The Labute approximate surface area is 431 Å². The summed E-state index contributed by atoms with van der Waals surface area (Å²) in [5.41, 5.74) is 14.5. The number of nitrogens with zero attached hydrogens (tertiary/aromatic N) is 2. The molecular weight excluding hydrogens is 949 g/mol. The predicted molar refractivity (Wildman–Crippen MR) is 301 cm³/mol. The number of halogens is 4. The molecule has 0 fully saturated rings. The van der Waals surface area contributed by atoms with Gasteiger partial charge in [0, 0.05) is 66.1 Å². The van der Waals surface area contributed by atoms with Gasteiger partial charge in [0.15, 0.2) is 0 Å². The van der Waals surface area contributed by atoms with Crippen molar-refractivity contribution in [2.75, 3.05) is 0 Å². The predicted octanol–water partition coefficient (Wildman–Crippen LogP) is 18.8. The number of hydrogen-bond donors (Lipinski definition) is 2. The van der Waals surface area contributed by atoms with E-state index in [1.165, 1.54) is 48.5 Å². The summed E-state index contributed by atoms with van der Waals surface area (Å²) in [5, 5.41) is 7.45. The van der Waals surface area contributed by atoms with Gasteiger partial charge in [0.1, 0.15) is 23.3 Å². The van der Waals surface area contributed by atoms with E-state index < -0.39 is 0 Å². The lowest BCUT2D eigenvalue weighted by atomic mass is 9.91. The minimum absolute atomic E-state index is 0.384. The first-order chi connectivity index (χ1) is 37.3. The fourth-order valence-electron chi connectivity index (χ4n) is 11.7. The summed E-state index contributed by atoms with van der Waals surface area (Å²) in [5.74, 6) is -1.54. The average molecular weight is 987 g/mol. The number of aromatic amines is 2. The molecule has 2 N–H and O–H groups in total. The van der Waals surface area contributed by atoms with Gasteiger partial charge < -0.3 is 9.97 Å². The molecule has 358 valence electrons. The molecule has 0 saturated carbocycles.